The zero-order valence-corrected chi connectivity index (χ0v) is 16.0. The van der Waals surface area contributed by atoms with Crippen molar-refractivity contribution in [3.63, 3.8) is 0 Å². The fourth-order valence-corrected chi connectivity index (χ4v) is 3.36. The lowest BCUT2D eigenvalue weighted by atomic mass is 10.00. The second-order valence-electron chi connectivity index (χ2n) is 7.18. The van der Waals surface area contributed by atoms with Crippen LogP contribution < -0.4 is 5.32 Å². The van der Waals surface area contributed by atoms with Crippen molar-refractivity contribution in [1.82, 2.24) is 15.4 Å². The summed E-state index contributed by atoms with van der Waals surface area (Å²) in [5, 5.41) is 7.31. The third kappa shape index (κ3) is 4.01. The highest BCUT2D eigenvalue weighted by atomic mass is 16.5. The summed E-state index contributed by atoms with van der Waals surface area (Å²) in [4.78, 5) is 15.2. The minimum absolute atomic E-state index is 0.0622. The van der Waals surface area contributed by atoms with E-state index in [9.17, 15) is 4.79 Å². The molecule has 0 aliphatic heterocycles. The second-order valence-corrected chi connectivity index (χ2v) is 7.18. The molecule has 2 aromatic heterocycles. The van der Waals surface area contributed by atoms with E-state index in [4.69, 9.17) is 8.94 Å². The molecule has 6 nitrogen and oxygen atoms in total. The van der Waals surface area contributed by atoms with Crippen molar-refractivity contribution in [2.75, 3.05) is 19.6 Å². The van der Waals surface area contributed by atoms with Gasteiger partial charge in [-0.05, 0) is 64.4 Å². The van der Waals surface area contributed by atoms with Gasteiger partial charge in [-0.1, -0.05) is 19.0 Å². The first-order valence-corrected chi connectivity index (χ1v) is 9.63. The SMILES string of the molecule is CCN(CC)CCCC(C)NC(=O)C1(c2cc(-c3ccco3)on2)CC1. The molecule has 0 bridgehead atoms. The number of carbonyl (C=O) groups is 1. The van der Waals surface area contributed by atoms with Gasteiger partial charge in [0.25, 0.3) is 0 Å². The molecule has 0 spiro atoms. The maximum absolute atomic E-state index is 12.8. The lowest BCUT2D eigenvalue weighted by Crippen LogP contribution is -2.40. The Kier molecular flexibility index (Phi) is 5.81. The number of furan rings is 1. The van der Waals surface area contributed by atoms with Crippen LogP contribution in [0.25, 0.3) is 11.5 Å². The molecule has 1 aliphatic rings. The Morgan fingerprint density at radius 2 is 2.12 bits per heavy atom. The van der Waals surface area contributed by atoms with Crippen molar-refractivity contribution >= 4 is 5.91 Å². The Balaban J connectivity index is 1.54. The number of hydrogen-bond acceptors (Lipinski definition) is 5. The molecule has 1 N–H and O–H groups in total. The number of nitrogens with zero attached hydrogens (tertiary/aromatic N) is 2. The van der Waals surface area contributed by atoms with Crippen molar-refractivity contribution < 1.29 is 13.7 Å². The third-order valence-corrected chi connectivity index (χ3v) is 5.33. The Morgan fingerprint density at radius 1 is 1.35 bits per heavy atom. The summed E-state index contributed by atoms with van der Waals surface area (Å²) in [6.07, 6.45) is 5.29. The van der Waals surface area contributed by atoms with E-state index in [0.29, 0.717) is 17.2 Å². The zero-order chi connectivity index (χ0) is 18.6. The topological polar surface area (TPSA) is 71.5 Å². The Labute approximate surface area is 154 Å². The predicted molar refractivity (Wildman–Crippen MR) is 99.7 cm³/mol. The summed E-state index contributed by atoms with van der Waals surface area (Å²) in [6, 6.07) is 5.61. The summed E-state index contributed by atoms with van der Waals surface area (Å²) in [5.41, 5.74) is 0.179. The molecule has 1 aliphatic carbocycles. The lowest BCUT2D eigenvalue weighted by Gasteiger charge is -2.21. The third-order valence-electron chi connectivity index (χ3n) is 5.33. The van der Waals surface area contributed by atoms with Crippen LogP contribution in [0, 0.1) is 0 Å². The molecule has 0 aromatic carbocycles. The van der Waals surface area contributed by atoms with Crippen LogP contribution in [-0.4, -0.2) is 41.6 Å². The quantitative estimate of drug-likeness (QED) is 0.702. The van der Waals surface area contributed by atoms with Gasteiger partial charge in [0, 0.05) is 12.1 Å². The monoisotopic (exact) mass is 359 g/mol. The predicted octanol–water partition coefficient (Wildman–Crippen LogP) is 3.59. The first-order valence-electron chi connectivity index (χ1n) is 9.63. The molecule has 1 amide bonds. The van der Waals surface area contributed by atoms with Gasteiger partial charge in [-0.25, -0.2) is 0 Å². The van der Waals surface area contributed by atoms with Crippen LogP contribution in [-0.2, 0) is 10.2 Å². The van der Waals surface area contributed by atoms with Crippen LogP contribution in [0.15, 0.2) is 33.4 Å². The average molecular weight is 359 g/mol. The summed E-state index contributed by atoms with van der Waals surface area (Å²) in [7, 11) is 0. The minimum Gasteiger partial charge on any atom is -0.461 e. The molecular weight excluding hydrogens is 330 g/mol. The highest BCUT2D eigenvalue weighted by molar-refractivity contribution is 5.91. The number of carbonyl (C=O) groups excluding carboxylic acids is 1. The number of amides is 1. The van der Waals surface area contributed by atoms with E-state index in [2.05, 4.69) is 36.1 Å². The van der Waals surface area contributed by atoms with E-state index in [1.807, 2.05) is 12.1 Å². The van der Waals surface area contributed by atoms with Crippen LogP contribution in [0.1, 0.15) is 52.1 Å². The summed E-state index contributed by atoms with van der Waals surface area (Å²) in [5.74, 6) is 1.26. The second kappa shape index (κ2) is 8.08. The number of nitrogens with one attached hydrogen (secondary N) is 1. The molecular formula is C20H29N3O3. The fourth-order valence-electron chi connectivity index (χ4n) is 3.36. The van der Waals surface area contributed by atoms with Gasteiger partial charge in [0.2, 0.25) is 11.7 Å². The van der Waals surface area contributed by atoms with Crippen molar-refractivity contribution in [3.05, 3.63) is 30.2 Å². The van der Waals surface area contributed by atoms with Crippen LogP contribution in [0.2, 0.25) is 0 Å². The molecule has 0 radical (unpaired) electrons. The Bertz CT molecular complexity index is 700. The zero-order valence-electron chi connectivity index (χ0n) is 16.0. The molecule has 142 valence electrons. The molecule has 2 aromatic rings. The number of rotatable bonds is 10. The van der Waals surface area contributed by atoms with E-state index in [1.54, 1.807) is 12.3 Å². The molecule has 3 rings (SSSR count). The molecule has 2 heterocycles. The number of aromatic nitrogens is 1. The lowest BCUT2D eigenvalue weighted by molar-refractivity contribution is -0.124. The standard InChI is InChI=1S/C20H29N3O3/c1-4-23(5-2)12-6-8-15(3)21-19(24)20(10-11-20)18-14-17(26-22-18)16-9-7-13-25-16/h7,9,13-15H,4-6,8,10-12H2,1-3H3,(H,21,24). The molecule has 1 atom stereocenters. The van der Waals surface area contributed by atoms with Gasteiger partial charge < -0.3 is 19.2 Å². The average Bonchev–Trinajstić information content (AvgIpc) is 3.06. The van der Waals surface area contributed by atoms with Crippen LogP contribution in [0.5, 0.6) is 0 Å². The fraction of sp³-hybridized carbons (Fsp3) is 0.600. The molecule has 1 saturated carbocycles. The van der Waals surface area contributed by atoms with Gasteiger partial charge in [-0.3, -0.25) is 4.79 Å². The highest BCUT2D eigenvalue weighted by Gasteiger charge is 2.54. The maximum Gasteiger partial charge on any atom is 0.232 e. The molecule has 26 heavy (non-hydrogen) atoms. The molecule has 0 saturated heterocycles. The van der Waals surface area contributed by atoms with Crippen molar-refractivity contribution in [3.8, 4) is 11.5 Å². The van der Waals surface area contributed by atoms with Crippen molar-refractivity contribution in [2.24, 2.45) is 0 Å². The van der Waals surface area contributed by atoms with Crippen molar-refractivity contribution in [1.29, 1.82) is 0 Å². The van der Waals surface area contributed by atoms with Crippen LogP contribution >= 0.6 is 0 Å². The first kappa shape index (κ1) is 18.7. The van der Waals surface area contributed by atoms with Gasteiger partial charge in [-0.2, -0.15) is 0 Å². The van der Waals surface area contributed by atoms with Gasteiger partial charge in [-0.15, -0.1) is 0 Å². The molecule has 6 heteroatoms. The normalized spacial score (nSPS) is 16.6. The van der Waals surface area contributed by atoms with E-state index >= 15 is 0 Å². The van der Waals surface area contributed by atoms with E-state index < -0.39 is 5.41 Å². The van der Waals surface area contributed by atoms with Gasteiger partial charge >= 0.3 is 0 Å². The van der Waals surface area contributed by atoms with Gasteiger partial charge in [0.15, 0.2) is 5.76 Å². The number of hydrogen-bond donors (Lipinski definition) is 1. The molecule has 1 fully saturated rings. The maximum atomic E-state index is 12.8. The first-order chi connectivity index (χ1) is 12.6. The van der Waals surface area contributed by atoms with E-state index in [1.165, 1.54) is 0 Å². The summed E-state index contributed by atoms with van der Waals surface area (Å²) in [6.45, 7) is 9.66. The van der Waals surface area contributed by atoms with Gasteiger partial charge in [0.05, 0.1) is 17.4 Å². The van der Waals surface area contributed by atoms with Crippen molar-refractivity contribution in [2.45, 2.75) is 57.9 Å². The largest absolute Gasteiger partial charge is 0.461 e. The van der Waals surface area contributed by atoms with E-state index in [0.717, 1.165) is 45.3 Å². The minimum atomic E-state index is -0.526. The van der Waals surface area contributed by atoms with Gasteiger partial charge in [0.1, 0.15) is 0 Å². The van der Waals surface area contributed by atoms with Crippen LogP contribution in [0.4, 0.5) is 0 Å². The smallest absolute Gasteiger partial charge is 0.232 e. The summed E-state index contributed by atoms with van der Waals surface area (Å²) >= 11 is 0. The highest BCUT2D eigenvalue weighted by Crippen LogP contribution is 2.48. The summed E-state index contributed by atoms with van der Waals surface area (Å²) < 4.78 is 10.7. The Hall–Kier alpha value is -2.08. The van der Waals surface area contributed by atoms with E-state index in [-0.39, 0.29) is 11.9 Å². The Morgan fingerprint density at radius 3 is 2.73 bits per heavy atom. The van der Waals surface area contributed by atoms with Crippen LogP contribution in [0.3, 0.4) is 0 Å². The molecule has 1 unspecified atom stereocenters.